The van der Waals surface area contributed by atoms with E-state index in [0.717, 1.165) is 17.7 Å². The van der Waals surface area contributed by atoms with Crippen molar-refractivity contribution < 1.29 is 4.79 Å². The van der Waals surface area contributed by atoms with Crippen molar-refractivity contribution in [1.82, 2.24) is 0 Å². The van der Waals surface area contributed by atoms with E-state index < -0.39 is 0 Å². The number of anilines is 1. The van der Waals surface area contributed by atoms with Gasteiger partial charge in [0, 0.05) is 18.7 Å². The van der Waals surface area contributed by atoms with Crippen LogP contribution in [0.2, 0.25) is 0 Å². The minimum atomic E-state index is 0.0343. The van der Waals surface area contributed by atoms with Gasteiger partial charge >= 0.3 is 0 Å². The van der Waals surface area contributed by atoms with E-state index in [4.69, 9.17) is 5.73 Å². The Morgan fingerprint density at radius 3 is 2.50 bits per heavy atom. The molecule has 0 fully saturated rings. The van der Waals surface area contributed by atoms with Crippen LogP contribution in [-0.2, 0) is 17.8 Å². The van der Waals surface area contributed by atoms with Gasteiger partial charge in [-0.2, -0.15) is 0 Å². The zero-order valence-electron chi connectivity index (χ0n) is 11.7. The van der Waals surface area contributed by atoms with Crippen molar-refractivity contribution in [2.45, 2.75) is 26.3 Å². The molecule has 0 saturated heterocycles. The van der Waals surface area contributed by atoms with Gasteiger partial charge in [-0.1, -0.05) is 42.0 Å². The molecule has 0 aromatic heterocycles. The number of hydrogen-bond donors (Lipinski definition) is 2. The number of carbonyl (C=O) groups excluding carboxylic acids is 1. The van der Waals surface area contributed by atoms with E-state index in [2.05, 4.69) is 30.4 Å². The van der Waals surface area contributed by atoms with E-state index in [-0.39, 0.29) is 5.91 Å². The number of nitrogens with two attached hydrogens (primary N) is 1. The molecule has 0 radical (unpaired) electrons. The molecule has 0 spiro atoms. The van der Waals surface area contributed by atoms with Crippen molar-refractivity contribution in [3.05, 3.63) is 65.2 Å². The van der Waals surface area contributed by atoms with Gasteiger partial charge in [-0.05, 0) is 36.6 Å². The maximum absolute atomic E-state index is 11.9. The molecule has 1 amide bonds. The normalized spacial score (nSPS) is 10.3. The SMILES string of the molecule is Cc1cccc(CCC(=O)Nc2ccc(CN)cc2)c1. The lowest BCUT2D eigenvalue weighted by Crippen LogP contribution is -2.12. The second-order valence-corrected chi connectivity index (χ2v) is 4.94. The maximum Gasteiger partial charge on any atom is 0.224 e. The van der Waals surface area contributed by atoms with Gasteiger partial charge in [0.25, 0.3) is 0 Å². The van der Waals surface area contributed by atoms with Gasteiger partial charge in [-0.15, -0.1) is 0 Å². The highest BCUT2D eigenvalue weighted by atomic mass is 16.1. The number of aryl methyl sites for hydroxylation is 2. The summed E-state index contributed by atoms with van der Waals surface area (Å²) in [6.07, 6.45) is 1.25. The van der Waals surface area contributed by atoms with E-state index in [0.29, 0.717) is 13.0 Å². The fourth-order valence-electron chi connectivity index (χ4n) is 2.07. The zero-order valence-corrected chi connectivity index (χ0v) is 11.7. The Labute approximate surface area is 119 Å². The van der Waals surface area contributed by atoms with Crippen molar-refractivity contribution in [1.29, 1.82) is 0 Å². The first-order valence-corrected chi connectivity index (χ1v) is 6.82. The molecule has 20 heavy (non-hydrogen) atoms. The molecule has 2 aromatic carbocycles. The Kier molecular flexibility index (Phi) is 4.91. The standard InChI is InChI=1S/C17H20N2O/c1-13-3-2-4-14(11-13)7-10-17(20)19-16-8-5-15(12-18)6-9-16/h2-6,8-9,11H,7,10,12,18H2,1H3,(H,19,20). The Balaban J connectivity index is 1.85. The van der Waals surface area contributed by atoms with Gasteiger partial charge in [-0.3, -0.25) is 4.79 Å². The van der Waals surface area contributed by atoms with Crippen molar-refractivity contribution in [2.75, 3.05) is 5.32 Å². The maximum atomic E-state index is 11.9. The van der Waals surface area contributed by atoms with Crippen LogP contribution >= 0.6 is 0 Å². The van der Waals surface area contributed by atoms with Crippen molar-refractivity contribution >= 4 is 11.6 Å². The lowest BCUT2D eigenvalue weighted by molar-refractivity contribution is -0.116. The highest BCUT2D eigenvalue weighted by molar-refractivity contribution is 5.90. The van der Waals surface area contributed by atoms with E-state index >= 15 is 0 Å². The van der Waals surface area contributed by atoms with Gasteiger partial charge in [-0.25, -0.2) is 0 Å². The summed E-state index contributed by atoms with van der Waals surface area (Å²) in [6.45, 7) is 2.57. The van der Waals surface area contributed by atoms with Gasteiger partial charge in [0.05, 0.1) is 0 Å². The summed E-state index contributed by atoms with van der Waals surface area (Å²) >= 11 is 0. The van der Waals surface area contributed by atoms with Crippen LogP contribution in [0.5, 0.6) is 0 Å². The van der Waals surface area contributed by atoms with Crippen LogP contribution in [0.15, 0.2) is 48.5 Å². The van der Waals surface area contributed by atoms with Crippen molar-refractivity contribution in [2.24, 2.45) is 5.73 Å². The number of benzene rings is 2. The molecule has 0 unspecified atom stereocenters. The number of nitrogens with one attached hydrogen (secondary N) is 1. The molecular formula is C17H20N2O. The fourth-order valence-corrected chi connectivity index (χ4v) is 2.07. The van der Waals surface area contributed by atoms with E-state index in [9.17, 15) is 4.79 Å². The molecule has 0 aliphatic rings. The molecular weight excluding hydrogens is 248 g/mol. The third-order valence-corrected chi connectivity index (χ3v) is 3.20. The first kappa shape index (κ1) is 14.3. The number of amides is 1. The Bertz CT molecular complexity index is 576. The molecule has 0 bridgehead atoms. The van der Waals surface area contributed by atoms with E-state index in [1.807, 2.05) is 30.3 Å². The van der Waals surface area contributed by atoms with E-state index in [1.165, 1.54) is 11.1 Å². The summed E-state index contributed by atoms with van der Waals surface area (Å²) in [5.74, 6) is 0.0343. The van der Waals surface area contributed by atoms with Gasteiger partial charge in [0.1, 0.15) is 0 Å². The number of rotatable bonds is 5. The van der Waals surface area contributed by atoms with Crippen LogP contribution in [-0.4, -0.2) is 5.91 Å². The molecule has 3 N–H and O–H groups in total. The molecule has 3 nitrogen and oxygen atoms in total. The van der Waals surface area contributed by atoms with Gasteiger partial charge < -0.3 is 11.1 Å². The Morgan fingerprint density at radius 1 is 1.10 bits per heavy atom. The predicted octanol–water partition coefficient (Wildman–Crippen LogP) is 3.03. The molecule has 0 saturated carbocycles. The Hall–Kier alpha value is -2.13. The first-order valence-electron chi connectivity index (χ1n) is 6.82. The highest BCUT2D eigenvalue weighted by Gasteiger charge is 2.03. The summed E-state index contributed by atoms with van der Waals surface area (Å²) in [6, 6.07) is 15.9. The Morgan fingerprint density at radius 2 is 1.85 bits per heavy atom. The second-order valence-electron chi connectivity index (χ2n) is 4.94. The smallest absolute Gasteiger partial charge is 0.224 e. The zero-order chi connectivity index (χ0) is 14.4. The second kappa shape index (κ2) is 6.87. The highest BCUT2D eigenvalue weighted by Crippen LogP contribution is 2.11. The van der Waals surface area contributed by atoms with Crippen LogP contribution in [0.3, 0.4) is 0 Å². The lowest BCUT2D eigenvalue weighted by Gasteiger charge is -2.06. The molecule has 2 aromatic rings. The number of carbonyl (C=O) groups is 1. The summed E-state index contributed by atoms with van der Waals surface area (Å²) in [4.78, 5) is 11.9. The largest absolute Gasteiger partial charge is 0.326 e. The van der Waals surface area contributed by atoms with E-state index in [1.54, 1.807) is 0 Å². The van der Waals surface area contributed by atoms with Gasteiger partial charge in [0.2, 0.25) is 5.91 Å². The molecule has 0 atom stereocenters. The average molecular weight is 268 g/mol. The minimum absolute atomic E-state index is 0.0343. The van der Waals surface area contributed by atoms with Crippen LogP contribution in [0.1, 0.15) is 23.1 Å². The monoisotopic (exact) mass is 268 g/mol. The van der Waals surface area contributed by atoms with Gasteiger partial charge in [0.15, 0.2) is 0 Å². The van der Waals surface area contributed by atoms with Crippen LogP contribution in [0.4, 0.5) is 5.69 Å². The van der Waals surface area contributed by atoms with Crippen LogP contribution in [0, 0.1) is 6.92 Å². The van der Waals surface area contributed by atoms with Crippen molar-refractivity contribution in [3.63, 3.8) is 0 Å². The molecule has 0 heterocycles. The first-order chi connectivity index (χ1) is 9.67. The predicted molar refractivity (Wildman–Crippen MR) is 82.5 cm³/mol. The van der Waals surface area contributed by atoms with Crippen molar-refractivity contribution in [3.8, 4) is 0 Å². The third kappa shape index (κ3) is 4.21. The summed E-state index contributed by atoms with van der Waals surface area (Å²) in [7, 11) is 0. The summed E-state index contributed by atoms with van der Waals surface area (Å²) < 4.78 is 0. The summed E-state index contributed by atoms with van der Waals surface area (Å²) in [5.41, 5.74) is 9.83. The number of hydrogen-bond acceptors (Lipinski definition) is 2. The van der Waals surface area contributed by atoms with Crippen LogP contribution < -0.4 is 11.1 Å². The van der Waals surface area contributed by atoms with Crippen LogP contribution in [0.25, 0.3) is 0 Å². The molecule has 104 valence electrons. The fraction of sp³-hybridized carbons (Fsp3) is 0.235. The molecule has 0 aliphatic heterocycles. The molecule has 0 aliphatic carbocycles. The summed E-state index contributed by atoms with van der Waals surface area (Å²) in [5, 5.41) is 2.90. The molecule has 3 heteroatoms. The quantitative estimate of drug-likeness (QED) is 0.875. The average Bonchev–Trinajstić information content (AvgIpc) is 2.46. The lowest BCUT2D eigenvalue weighted by atomic mass is 10.1. The minimum Gasteiger partial charge on any atom is -0.326 e. The topological polar surface area (TPSA) is 55.1 Å². The third-order valence-electron chi connectivity index (χ3n) is 3.20. The molecule has 2 rings (SSSR count).